The lowest BCUT2D eigenvalue weighted by Gasteiger charge is -2.17. The minimum absolute atomic E-state index is 0.0305. The van der Waals surface area contributed by atoms with Crippen LogP contribution in [-0.2, 0) is 12.4 Å². The molecule has 316 valence electrons. The molecule has 0 aliphatic carbocycles. The zero-order valence-electron chi connectivity index (χ0n) is 33.7. The van der Waals surface area contributed by atoms with Gasteiger partial charge in [-0.05, 0) is 48.5 Å². The maximum atomic E-state index is 14.4. The molecule has 0 bridgehead atoms. The molecule has 0 saturated carbocycles. The van der Waals surface area contributed by atoms with Gasteiger partial charge in [0, 0.05) is 44.6 Å². The second kappa shape index (κ2) is 16.4. The van der Waals surface area contributed by atoms with Crippen LogP contribution in [0.2, 0.25) is 0 Å². The monoisotopic (exact) mass is 868 g/mol. The number of fused-ring (bicyclic) bond motifs is 1. The highest BCUT2D eigenvalue weighted by atomic mass is 19.4. The van der Waals surface area contributed by atoms with Crippen molar-refractivity contribution >= 4 is 11.0 Å². The van der Waals surface area contributed by atoms with Crippen molar-refractivity contribution in [3.05, 3.63) is 193 Å². The Kier molecular flexibility index (Phi) is 10.3. The third kappa shape index (κ3) is 8.32. The van der Waals surface area contributed by atoms with Gasteiger partial charge in [-0.25, -0.2) is 34.9 Å². The lowest BCUT2D eigenvalue weighted by atomic mass is 10.0. The molecule has 0 aliphatic rings. The van der Waals surface area contributed by atoms with Gasteiger partial charge in [0.15, 0.2) is 34.9 Å². The fourth-order valence-electron chi connectivity index (χ4n) is 7.44. The van der Waals surface area contributed by atoms with Gasteiger partial charge in [-0.1, -0.05) is 133 Å². The van der Waals surface area contributed by atoms with E-state index in [1.54, 1.807) is 42.5 Å². The predicted molar refractivity (Wildman–Crippen MR) is 236 cm³/mol. The van der Waals surface area contributed by atoms with Gasteiger partial charge < -0.3 is 0 Å². The Morgan fingerprint density at radius 2 is 0.631 bits per heavy atom. The summed E-state index contributed by atoms with van der Waals surface area (Å²) in [6, 6.07) is 50.4. The molecule has 65 heavy (non-hydrogen) atoms. The van der Waals surface area contributed by atoms with Crippen LogP contribution in [0.1, 0.15) is 11.1 Å². The predicted octanol–water partition coefficient (Wildman–Crippen LogP) is 13.1. The van der Waals surface area contributed by atoms with E-state index in [2.05, 4.69) is 0 Å². The van der Waals surface area contributed by atoms with Crippen molar-refractivity contribution in [2.75, 3.05) is 0 Å². The lowest BCUT2D eigenvalue weighted by molar-refractivity contribution is -0.143. The van der Waals surface area contributed by atoms with Crippen LogP contribution in [0.15, 0.2) is 182 Å². The Labute approximate surface area is 366 Å². The molecule has 14 heteroatoms. The van der Waals surface area contributed by atoms with E-state index in [9.17, 15) is 26.3 Å². The molecule has 7 aromatic carbocycles. The molecule has 0 radical (unpaired) electrons. The van der Waals surface area contributed by atoms with E-state index in [0.717, 1.165) is 0 Å². The van der Waals surface area contributed by atoms with Crippen LogP contribution in [0.3, 0.4) is 0 Å². The highest BCUT2D eigenvalue weighted by Gasteiger charge is 2.37. The SMILES string of the molecule is FC(F)(F)c1cc(-n2c(-c3cc(-c4nc(-c5ccccc5)nc(-c5ccccc5)n4)cc(-c4nc(-c5ccccc5)nc(-c5ccccc5)n4)c3)nc3ccccc32)cc(C(F)(F)F)c1. The summed E-state index contributed by atoms with van der Waals surface area (Å²) in [4.78, 5) is 34.3. The van der Waals surface area contributed by atoms with Crippen molar-refractivity contribution in [3.63, 3.8) is 0 Å². The van der Waals surface area contributed by atoms with Crippen LogP contribution in [0.4, 0.5) is 26.3 Å². The molecule has 8 nitrogen and oxygen atoms in total. The highest BCUT2D eigenvalue weighted by molar-refractivity contribution is 5.86. The normalized spacial score (nSPS) is 11.8. The maximum absolute atomic E-state index is 14.4. The molecule has 0 fully saturated rings. The minimum atomic E-state index is -5.10. The Morgan fingerprint density at radius 3 is 1.00 bits per heavy atom. The van der Waals surface area contributed by atoms with Gasteiger partial charge in [0.05, 0.1) is 22.2 Å². The molecule has 0 amide bonds. The fraction of sp³-hybridized carbons (Fsp3) is 0.0392. The van der Waals surface area contributed by atoms with Crippen LogP contribution in [0.5, 0.6) is 0 Å². The van der Waals surface area contributed by atoms with Gasteiger partial charge in [-0.3, -0.25) is 4.57 Å². The number of hydrogen-bond donors (Lipinski definition) is 0. The van der Waals surface area contributed by atoms with Gasteiger partial charge in [0.2, 0.25) is 0 Å². The molecule has 0 unspecified atom stereocenters. The summed E-state index contributed by atoms with van der Waals surface area (Å²) in [6.07, 6.45) is -10.2. The Hall–Kier alpha value is -8.39. The first-order valence-electron chi connectivity index (χ1n) is 20.1. The summed E-state index contributed by atoms with van der Waals surface area (Å²) < 4.78 is 87.6. The van der Waals surface area contributed by atoms with Crippen molar-refractivity contribution < 1.29 is 26.3 Å². The quantitative estimate of drug-likeness (QED) is 0.140. The highest BCUT2D eigenvalue weighted by Crippen LogP contribution is 2.41. The van der Waals surface area contributed by atoms with E-state index in [4.69, 9.17) is 34.9 Å². The van der Waals surface area contributed by atoms with Gasteiger partial charge in [0.25, 0.3) is 0 Å². The third-order valence-corrected chi connectivity index (χ3v) is 10.5. The first-order chi connectivity index (χ1) is 31.4. The molecule has 3 heterocycles. The van der Waals surface area contributed by atoms with Crippen LogP contribution in [0.25, 0.3) is 96.4 Å². The van der Waals surface area contributed by atoms with E-state index >= 15 is 0 Å². The summed E-state index contributed by atoms with van der Waals surface area (Å²) in [5.41, 5.74) is 1.12. The molecule has 3 aromatic heterocycles. The number of aromatic nitrogens is 8. The summed E-state index contributed by atoms with van der Waals surface area (Å²) in [5, 5.41) is 0. The Bertz CT molecular complexity index is 3050. The topological polar surface area (TPSA) is 95.2 Å². The lowest BCUT2D eigenvalue weighted by Crippen LogP contribution is -2.12. The first-order valence-corrected chi connectivity index (χ1v) is 20.1. The average Bonchev–Trinajstić information content (AvgIpc) is 3.74. The number of benzene rings is 7. The van der Waals surface area contributed by atoms with Crippen molar-refractivity contribution in [3.8, 4) is 85.4 Å². The zero-order chi connectivity index (χ0) is 44.7. The summed E-state index contributed by atoms with van der Waals surface area (Å²) in [6.45, 7) is 0. The number of hydrogen-bond acceptors (Lipinski definition) is 7. The van der Waals surface area contributed by atoms with Crippen molar-refractivity contribution in [1.82, 2.24) is 39.5 Å². The summed E-state index contributed by atoms with van der Waals surface area (Å²) in [7, 11) is 0. The van der Waals surface area contributed by atoms with Crippen LogP contribution >= 0.6 is 0 Å². The summed E-state index contributed by atoms with van der Waals surface area (Å²) >= 11 is 0. The van der Waals surface area contributed by atoms with Gasteiger partial charge in [-0.15, -0.1) is 0 Å². The first kappa shape index (κ1) is 40.7. The molecule has 0 N–H and O–H groups in total. The van der Waals surface area contributed by atoms with Gasteiger partial charge in [-0.2, -0.15) is 26.3 Å². The Morgan fingerprint density at radius 1 is 0.308 bits per heavy atom. The summed E-state index contributed by atoms with van der Waals surface area (Å²) in [5.74, 6) is 1.88. The molecule has 0 atom stereocenters. The Balaban J connectivity index is 1.28. The van der Waals surface area contributed by atoms with Crippen LogP contribution in [-0.4, -0.2) is 39.5 Å². The number of nitrogens with zero attached hydrogens (tertiary/aromatic N) is 8. The van der Waals surface area contributed by atoms with Gasteiger partial charge in [0.1, 0.15) is 5.82 Å². The average molecular weight is 869 g/mol. The third-order valence-electron chi connectivity index (χ3n) is 10.5. The largest absolute Gasteiger partial charge is 0.416 e. The molecule has 10 aromatic rings. The number of alkyl halides is 6. The van der Waals surface area contributed by atoms with E-state index in [1.807, 2.05) is 121 Å². The molecular weight excluding hydrogens is 839 g/mol. The molecule has 0 aliphatic heterocycles. The number of imidazole rings is 1. The second-order valence-electron chi connectivity index (χ2n) is 14.9. The minimum Gasteiger partial charge on any atom is -0.292 e. The standard InChI is InChI=1S/C51H30F6N8/c52-50(53,54)38-28-39(51(55,56)57)30-40(29-38)65-42-24-14-13-23-41(42)58-49(65)37-26-35(47-61-43(31-15-5-1-6-16-31)59-44(62-47)32-17-7-2-8-18-32)25-36(27-37)48-63-45(33-19-9-3-10-20-33)60-46(64-48)34-21-11-4-12-22-34/h1-30H. The zero-order valence-corrected chi connectivity index (χ0v) is 33.7. The number of rotatable bonds is 8. The fourth-order valence-corrected chi connectivity index (χ4v) is 7.44. The van der Waals surface area contributed by atoms with Crippen molar-refractivity contribution in [2.24, 2.45) is 0 Å². The molecule has 0 saturated heterocycles. The molecule has 10 rings (SSSR count). The van der Waals surface area contributed by atoms with Crippen LogP contribution < -0.4 is 0 Å². The smallest absolute Gasteiger partial charge is 0.292 e. The van der Waals surface area contributed by atoms with Gasteiger partial charge >= 0.3 is 12.4 Å². The molecule has 0 spiro atoms. The molecular formula is C51H30F6N8. The van der Waals surface area contributed by atoms with E-state index in [1.165, 1.54) is 4.57 Å². The number of para-hydroxylation sites is 2. The number of halogens is 6. The van der Waals surface area contributed by atoms with E-state index < -0.39 is 29.2 Å². The maximum Gasteiger partial charge on any atom is 0.416 e. The van der Waals surface area contributed by atoms with E-state index in [-0.39, 0.29) is 34.6 Å². The second-order valence-corrected chi connectivity index (χ2v) is 14.9. The van der Waals surface area contributed by atoms with Crippen molar-refractivity contribution in [1.29, 1.82) is 0 Å². The van der Waals surface area contributed by atoms with E-state index in [0.29, 0.717) is 74.3 Å². The van der Waals surface area contributed by atoms with Crippen molar-refractivity contribution in [2.45, 2.75) is 12.4 Å². The van der Waals surface area contributed by atoms with Crippen LogP contribution in [0, 0.1) is 0 Å².